The zero-order valence-corrected chi connectivity index (χ0v) is 26.4. The maximum absolute atomic E-state index is 14.8. The molecule has 12 heteroatoms. The minimum atomic E-state index is -0.647. The van der Waals surface area contributed by atoms with Gasteiger partial charge in [-0.1, -0.05) is 18.2 Å². The lowest BCUT2D eigenvalue weighted by atomic mass is 10.1. The van der Waals surface area contributed by atoms with Crippen LogP contribution in [-0.2, 0) is 17.8 Å². The average Bonchev–Trinajstić information content (AvgIpc) is 3.69. The fourth-order valence-electron chi connectivity index (χ4n) is 5.87. The number of carbonyl (C=O) groups excluding carboxylic acids is 2. The summed E-state index contributed by atoms with van der Waals surface area (Å²) in [7, 11) is 1.67. The highest BCUT2D eigenvalue weighted by atomic mass is 19.1. The fourth-order valence-corrected chi connectivity index (χ4v) is 5.87. The maximum atomic E-state index is 14.8. The van der Waals surface area contributed by atoms with Crippen LogP contribution in [0.25, 0.3) is 17.2 Å². The Labute approximate surface area is 261 Å². The Balaban J connectivity index is 1.36. The molecule has 0 bridgehead atoms. The summed E-state index contributed by atoms with van der Waals surface area (Å²) in [5.41, 5.74) is 2.01. The summed E-state index contributed by atoms with van der Waals surface area (Å²) in [6.07, 6.45) is 1.61. The highest BCUT2D eigenvalue weighted by Crippen LogP contribution is 2.35. The molecule has 2 aliphatic rings. The summed E-state index contributed by atoms with van der Waals surface area (Å²) in [6.45, 7) is 10.6. The van der Waals surface area contributed by atoms with Crippen molar-refractivity contribution in [3.8, 4) is 17.2 Å². The number of nitrogens with zero attached hydrogens (tertiary/aromatic N) is 8. The molecule has 0 unspecified atom stereocenters. The SMILES string of the molecule is Cc1nnc(-c2cccc(N3Cc4c(cc(N5CCC[C@H]5C)nc4CN(C)C(=O)OC(C)(C)C)C3=O)n2)n1-c1ccccc1F. The van der Waals surface area contributed by atoms with Gasteiger partial charge in [0.15, 0.2) is 5.82 Å². The fraction of sp³-hybridized carbons (Fsp3) is 0.394. The van der Waals surface area contributed by atoms with Crippen molar-refractivity contribution in [3.05, 3.63) is 77.0 Å². The number of hydrogen-bond donors (Lipinski definition) is 0. The number of amides is 2. The van der Waals surface area contributed by atoms with Crippen molar-refractivity contribution < 1.29 is 18.7 Å². The molecule has 1 aromatic carbocycles. The van der Waals surface area contributed by atoms with Crippen molar-refractivity contribution in [2.24, 2.45) is 0 Å². The minimum Gasteiger partial charge on any atom is -0.444 e. The van der Waals surface area contributed by atoms with E-state index in [9.17, 15) is 14.0 Å². The third-order valence-electron chi connectivity index (χ3n) is 8.09. The Hall–Kier alpha value is -4.87. The summed E-state index contributed by atoms with van der Waals surface area (Å²) in [5, 5.41) is 8.48. The van der Waals surface area contributed by atoms with Gasteiger partial charge in [-0.15, -0.1) is 10.2 Å². The van der Waals surface area contributed by atoms with Gasteiger partial charge >= 0.3 is 6.09 Å². The Bertz CT molecular complexity index is 1780. The zero-order chi connectivity index (χ0) is 32.0. The van der Waals surface area contributed by atoms with Gasteiger partial charge in [0, 0.05) is 25.2 Å². The zero-order valence-electron chi connectivity index (χ0n) is 26.4. The lowest BCUT2D eigenvalue weighted by Gasteiger charge is -2.26. The van der Waals surface area contributed by atoms with Gasteiger partial charge in [-0.2, -0.15) is 0 Å². The molecule has 1 saturated heterocycles. The number of carbonyl (C=O) groups is 2. The summed E-state index contributed by atoms with van der Waals surface area (Å²) in [5.74, 6) is 1.37. The van der Waals surface area contributed by atoms with E-state index in [2.05, 4.69) is 22.0 Å². The molecule has 0 N–H and O–H groups in total. The van der Waals surface area contributed by atoms with Gasteiger partial charge in [-0.25, -0.2) is 19.2 Å². The predicted molar refractivity (Wildman–Crippen MR) is 168 cm³/mol. The number of benzene rings is 1. The highest BCUT2D eigenvalue weighted by molar-refractivity contribution is 6.10. The lowest BCUT2D eigenvalue weighted by molar-refractivity contribution is 0.0282. The summed E-state index contributed by atoms with van der Waals surface area (Å²) >= 11 is 0. The van der Waals surface area contributed by atoms with E-state index in [4.69, 9.17) is 14.7 Å². The molecule has 234 valence electrons. The van der Waals surface area contributed by atoms with Gasteiger partial charge in [0.25, 0.3) is 5.91 Å². The molecule has 0 saturated carbocycles. The van der Waals surface area contributed by atoms with Gasteiger partial charge in [-0.3, -0.25) is 14.3 Å². The van der Waals surface area contributed by atoms with Crippen molar-refractivity contribution in [2.45, 2.75) is 72.2 Å². The van der Waals surface area contributed by atoms with Crippen LogP contribution >= 0.6 is 0 Å². The van der Waals surface area contributed by atoms with Crippen LogP contribution in [0, 0.1) is 12.7 Å². The van der Waals surface area contributed by atoms with Gasteiger partial charge in [0.2, 0.25) is 0 Å². The number of para-hydroxylation sites is 1. The van der Waals surface area contributed by atoms with E-state index in [0.717, 1.165) is 30.8 Å². The summed E-state index contributed by atoms with van der Waals surface area (Å²) in [4.78, 5) is 42.0. The van der Waals surface area contributed by atoms with Gasteiger partial charge in [-0.05, 0) is 77.8 Å². The number of fused-ring (bicyclic) bond motifs is 1. The molecule has 11 nitrogen and oxygen atoms in total. The molecule has 1 atom stereocenters. The molecular weight excluding hydrogens is 575 g/mol. The standard InChI is InChI=1S/C33H37FN8O3/c1-20-11-10-16-40(20)29-17-22-23(26(36-29)19-39(6)32(44)45-33(3,4)5)18-41(31(22)43)28-15-9-13-25(35-28)30-38-37-21(2)42(30)27-14-8-7-12-24(27)34/h7-9,12-15,17,20H,10-11,16,18-19H2,1-6H3/t20-/m1/s1. The van der Waals surface area contributed by atoms with E-state index >= 15 is 0 Å². The largest absolute Gasteiger partial charge is 0.444 e. The van der Waals surface area contributed by atoms with E-state index in [0.29, 0.717) is 40.1 Å². The number of halogens is 1. The number of ether oxygens (including phenoxy) is 1. The van der Waals surface area contributed by atoms with Crippen LogP contribution in [0.2, 0.25) is 0 Å². The monoisotopic (exact) mass is 612 g/mol. The first kappa shape index (κ1) is 30.2. The number of hydrogen-bond acceptors (Lipinski definition) is 8. The second-order valence-electron chi connectivity index (χ2n) is 12.6. The second-order valence-corrected chi connectivity index (χ2v) is 12.6. The number of aromatic nitrogens is 5. The summed E-state index contributed by atoms with van der Waals surface area (Å²) < 4.78 is 22.0. The molecule has 0 radical (unpaired) electrons. The smallest absolute Gasteiger partial charge is 0.410 e. The van der Waals surface area contributed by atoms with Crippen LogP contribution in [0.3, 0.4) is 0 Å². The number of rotatable bonds is 6. The van der Waals surface area contributed by atoms with Crippen molar-refractivity contribution in [1.29, 1.82) is 0 Å². The van der Waals surface area contributed by atoms with E-state index in [-0.39, 0.29) is 25.0 Å². The molecule has 45 heavy (non-hydrogen) atoms. The Morgan fingerprint density at radius 1 is 1.09 bits per heavy atom. The van der Waals surface area contributed by atoms with Crippen molar-refractivity contribution in [3.63, 3.8) is 0 Å². The molecule has 2 aliphatic heterocycles. The van der Waals surface area contributed by atoms with Crippen LogP contribution < -0.4 is 9.80 Å². The Morgan fingerprint density at radius 2 is 1.87 bits per heavy atom. The van der Waals surface area contributed by atoms with Crippen molar-refractivity contribution >= 4 is 23.6 Å². The molecular formula is C33H37FN8O3. The molecule has 3 aromatic heterocycles. The number of anilines is 2. The van der Waals surface area contributed by atoms with Crippen LogP contribution in [-0.4, -0.2) is 66.9 Å². The highest BCUT2D eigenvalue weighted by Gasteiger charge is 2.35. The molecule has 5 heterocycles. The van der Waals surface area contributed by atoms with Crippen molar-refractivity contribution in [1.82, 2.24) is 29.6 Å². The topological polar surface area (TPSA) is 110 Å². The quantitative estimate of drug-likeness (QED) is 0.273. The van der Waals surface area contributed by atoms with Crippen LogP contribution in [0.1, 0.15) is 68.0 Å². The lowest BCUT2D eigenvalue weighted by Crippen LogP contribution is -2.34. The van der Waals surface area contributed by atoms with Gasteiger partial charge < -0.3 is 14.5 Å². The third-order valence-corrected chi connectivity index (χ3v) is 8.09. The Kier molecular flexibility index (Phi) is 7.75. The van der Waals surface area contributed by atoms with Crippen molar-refractivity contribution in [2.75, 3.05) is 23.4 Å². The van der Waals surface area contributed by atoms with E-state index in [1.165, 1.54) is 11.0 Å². The first-order valence-corrected chi connectivity index (χ1v) is 15.1. The molecule has 0 spiro atoms. The average molecular weight is 613 g/mol. The summed E-state index contributed by atoms with van der Waals surface area (Å²) in [6, 6.07) is 13.9. The predicted octanol–water partition coefficient (Wildman–Crippen LogP) is 5.69. The molecule has 6 rings (SSSR count). The molecule has 2 amide bonds. The minimum absolute atomic E-state index is 0.174. The molecule has 1 fully saturated rings. The van der Waals surface area contributed by atoms with Crippen LogP contribution in [0.15, 0.2) is 48.5 Å². The maximum Gasteiger partial charge on any atom is 0.410 e. The Morgan fingerprint density at radius 3 is 2.58 bits per heavy atom. The van der Waals surface area contributed by atoms with Gasteiger partial charge in [0.1, 0.15) is 34.6 Å². The number of aryl methyl sites for hydroxylation is 1. The van der Waals surface area contributed by atoms with Crippen LogP contribution in [0.4, 0.5) is 20.8 Å². The van der Waals surface area contributed by atoms with Gasteiger partial charge in [0.05, 0.1) is 30.0 Å². The van der Waals surface area contributed by atoms with Crippen LogP contribution in [0.5, 0.6) is 0 Å². The normalized spacial score (nSPS) is 16.3. The van der Waals surface area contributed by atoms with E-state index in [1.807, 2.05) is 26.8 Å². The third kappa shape index (κ3) is 5.84. The molecule has 4 aromatic rings. The first-order valence-electron chi connectivity index (χ1n) is 15.1. The molecule has 0 aliphatic carbocycles. The van der Waals surface area contributed by atoms with E-state index < -0.39 is 17.5 Å². The first-order chi connectivity index (χ1) is 21.4. The number of pyridine rings is 2. The second kappa shape index (κ2) is 11.6. The van der Waals surface area contributed by atoms with E-state index in [1.54, 1.807) is 59.8 Å².